The Morgan fingerprint density at radius 1 is 1.06 bits per heavy atom. The van der Waals surface area contributed by atoms with Crippen molar-refractivity contribution in [1.29, 1.82) is 0 Å². The van der Waals surface area contributed by atoms with E-state index < -0.39 is 0 Å². The molecule has 90 valence electrons. The van der Waals surface area contributed by atoms with Gasteiger partial charge in [-0.3, -0.25) is 0 Å². The van der Waals surface area contributed by atoms with E-state index in [1.165, 1.54) is 13.2 Å². The molecule has 0 fully saturated rings. The van der Waals surface area contributed by atoms with E-state index in [9.17, 15) is 4.79 Å². The van der Waals surface area contributed by atoms with Gasteiger partial charge >= 0.3 is 5.97 Å². The Balaban J connectivity index is 0. The average Bonchev–Trinajstić information content (AvgIpc) is 2.41. The molecule has 0 heterocycles. The largest absolute Gasteiger partial charge is 0.466 e. The first-order valence-corrected chi connectivity index (χ1v) is 5.64. The molecule has 0 N–H and O–H groups in total. The quantitative estimate of drug-likeness (QED) is 0.560. The molecule has 16 heavy (non-hydrogen) atoms. The number of benzene rings is 1. The van der Waals surface area contributed by atoms with Gasteiger partial charge in [0, 0.05) is 6.08 Å². The molecule has 0 atom stereocenters. The Morgan fingerprint density at radius 2 is 1.56 bits per heavy atom. The number of carbonyl (C=O) groups excluding carboxylic acids is 1. The fourth-order valence-corrected chi connectivity index (χ4v) is 0.796. The summed E-state index contributed by atoms with van der Waals surface area (Å²) in [5.74, 6) is -0.334. The number of esters is 1. The summed E-state index contributed by atoms with van der Waals surface area (Å²) in [6.07, 6.45) is 3.11. The summed E-state index contributed by atoms with van der Waals surface area (Å²) in [7, 11) is 1.36. The van der Waals surface area contributed by atoms with E-state index in [2.05, 4.69) is 4.74 Å². The van der Waals surface area contributed by atoms with E-state index in [-0.39, 0.29) is 5.97 Å². The fourth-order valence-electron chi connectivity index (χ4n) is 0.796. The van der Waals surface area contributed by atoms with Crippen molar-refractivity contribution < 1.29 is 9.53 Å². The number of hydrogen-bond acceptors (Lipinski definition) is 2. The van der Waals surface area contributed by atoms with Gasteiger partial charge in [0.15, 0.2) is 0 Å². The minimum absolute atomic E-state index is 0.334. The summed E-state index contributed by atoms with van der Waals surface area (Å²) in [4.78, 5) is 10.7. The molecular formula is C14H22O2. The molecule has 2 heteroatoms. The van der Waals surface area contributed by atoms with Crippen molar-refractivity contribution in [3.63, 3.8) is 0 Å². The minimum Gasteiger partial charge on any atom is -0.466 e. The fraction of sp³-hybridized carbons (Fsp3) is 0.357. The lowest BCUT2D eigenvalue weighted by Gasteiger charge is -1.91. The van der Waals surface area contributed by atoms with Crippen molar-refractivity contribution in [3.8, 4) is 0 Å². The van der Waals surface area contributed by atoms with Crippen LogP contribution in [0.2, 0.25) is 0 Å². The summed E-state index contributed by atoms with van der Waals surface area (Å²) in [6, 6.07) is 9.59. The second kappa shape index (κ2) is 13.4. The smallest absolute Gasteiger partial charge is 0.330 e. The van der Waals surface area contributed by atoms with Crippen LogP contribution in [0.4, 0.5) is 0 Å². The van der Waals surface area contributed by atoms with Gasteiger partial charge < -0.3 is 4.74 Å². The van der Waals surface area contributed by atoms with Crippen LogP contribution in [0.15, 0.2) is 36.4 Å². The first kappa shape index (κ1) is 16.8. The predicted molar refractivity (Wildman–Crippen MR) is 70.2 cm³/mol. The number of rotatable bonds is 2. The van der Waals surface area contributed by atoms with Crippen LogP contribution >= 0.6 is 0 Å². The van der Waals surface area contributed by atoms with Crippen LogP contribution in [0, 0.1) is 0 Å². The van der Waals surface area contributed by atoms with E-state index in [0.29, 0.717) is 0 Å². The van der Waals surface area contributed by atoms with Crippen molar-refractivity contribution in [2.75, 3.05) is 7.11 Å². The molecule has 1 aromatic carbocycles. The third kappa shape index (κ3) is 9.00. The van der Waals surface area contributed by atoms with Gasteiger partial charge in [0.05, 0.1) is 7.11 Å². The Bertz CT molecular complexity index is 276. The second-order valence-corrected chi connectivity index (χ2v) is 2.27. The van der Waals surface area contributed by atoms with Crippen molar-refractivity contribution >= 4 is 12.0 Å². The molecular weight excluding hydrogens is 200 g/mol. The lowest BCUT2D eigenvalue weighted by molar-refractivity contribution is -0.134. The van der Waals surface area contributed by atoms with Crippen molar-refractivity contribution in [3.05, 3.63) is 42.0 Å². The van der Waals surface area contributed by atoms with Crippen LogP contribution < -0.4 is 0 Å². The van der Waals surface area contributed by atoms with Crippen LogP contribution in [0.5, 0.6) is 0 Å². The highest BCUT2D eigenvalue weighted by molar-refractivity contribution is 5.86. The first-order chi connectivity index (χ1) is 7.83. The van der Waals surface area contributed by atoms with Crippen LogP contribution in [0.3, 0.4) is 0 Å². The molecule has 0 saturated heterocycles. The van der Waals surface area contributed by atoms with Gasteiger partial charge in [-0.15, -0.1) is 0 Å². The Kier molecular flexibility index (Phi) is 14.1. The molecule has 0 aliphatic carbocycles. The highest BCUT2D eigenvalue weighted by Crippen LogP contribution is 2.00. The summed E-state index contributed by atoms with van der Waals surface area (Å²) in [5, 5.41) is 0. The standard InChI is InChI=1S/C10H10O2.2C2H6/c1-12-10(11)8-7-9-5-3-2-4-6-9;2*1-2/h2-8H,1H3;2*1-2H3. The van der Waals surface area contributed by atoms with Crippen molar-refractivity contribution in [1.82, 2.24) is 0 Å². The molecule has 0 aliphatic heterocycles. The van der Waals surface area contributed by atoms with Gasteiger partial charge in [0.25, 0.3) is 0 Å². The van der Waals surface area contributed by atoms with Crippen LogP contribution in [-0.4, -0.2) is 13.1 Å². The Labute approximate surface area is 98.9 Å². The third-order valence-electron chi connectivity index (χ3n) is 1.41. The maximum absolute atomic E-state index is 10.7. The SMILES string of the molecule is CC.CC.COC(=O)C=Cc1ccccc1. The normalized spacial score (nSPS) is 8.31. The van der Waals surface area contributed by atoms with Gasteiger partial charge in [0.1, 0.15) is 0 Å². The van der Waals surface area contributed by atoms with Crippen molar-refractivity contribution in [2.45, 2.75) is 27.7 Å². The molecule has 1 rings (SSSR count). The molecule has 0 aromatic heterocycles. The topological polar surface area (TPSA) is 26.3 Å². The Hall–Kier alpha value is -1.57. The van der Waals surface area contributed by atoms with E-state index in [0.717, 1.165) is 5.56 Å². The molecule has 0 spiro atoms. The number of ether oxygens (including phenoxy) is 1. The van der Waals surface area contributed by atoms with Gasteiger partial charge in [-0.05, 0) is 11.6 Å². The molecule has 0 bridgehead atoms. The van der Waals surface area contributed by atoms with Crippen LogP contribution in [-0.2, 0) is 9.53 Å². The molecule has 0 radical (unpaired) electrons. The van der Waals surface area contributed by atoms with Gasteiger partial charge in [-0.2, -0.15) is 0 Å². The van der Waals surface area contributed by atoms with E-state index in [1.807, 2.05) is 58.0 Å². The first-order valence-electron chi connectivity index (χ1n) is 5.64. The highest BCUT2D eigenvalue weighted by Gasteiger charge is 1.89. The average molecular weight is 222 g/mol. The molecule has 0 amide bonds. The van der Waals surface area contributed by atoms with E-state index >= 15 is 0 Å². The maximum atomic E-state index is 10.7. The van der Waals surface area contributed by atoms with Crippen LogP contribution in [0.25, 0.3) is 6.08 Å². The van der Waals surface area contributed by atoms with Gasteiger partial charge in [-0.1, -0.05) is 58.0 Å². The zero-order valence-electron chi connectivity index (χ0n) is 10.9. The zero-order valence-corrected chi connectivity index (χ0v) is 10.9. The molecule has 1 aromatic rings. The minimum atomic E-state index is -0.334. The number of carbonyl (C=O) groups is 1. The summed E-state index contributed by atoms with van der Waals surface area (Å²) in [5.41, 5.74) is 0.989. The third-order valence-corrected chi connectivity index (χ3v) is 1.41. The second-order valence-electron chi connectivity index (χ2n) is 2.27. The maximum Gasteiger partial charge on any atom is 0.330 e. The molecule has 0 aliphatic rings. The predicted octanol–water partition coefficient (Wildman–Crippen LogP) is 3.93. The van der Waals surface area contributed by atoms with Crippen LogP contribution in [0.1, 0.15) is 33.3 Å². The summed E-state index contributed by atoms with van der Waals surface area (Å²) < 4.78 is 4.45. The molecule has 2 nitrogen and oxygen atoms in total. The molecule has 0 saturated carbocycles. The monoisotopic (exact) mass is 222 g/mol. The van der Waals surface area contributed by atoms with Crippen molar-refractivity contribution in [2.24, 2.45) is 0 Å². The Morgan fingerprint density at radius 3 is 2.00 bits per heavy atom. The van der Waals surface area contributed by atoms with Gasteiger partial charge in [0.2, 0.25) is 0 Å². The lowest BCUT2D eigenvalue weighted by Crippen LogP contribution is -1.92. The summed E-state index contributed by atoms with van der Waals surface area (Å²) in [6.45, 7) is 8.00. The van der Waals surface area contributed by atoms with Gasteiger partial charge in [-0.25, -0.2) is 4.79 Å². The lowest BCUT2D eigenvalue weighted by atomic mass is 10.2. The van der Waals surface area contributed by atoms with E-state index in [4.69, 9.17) is 0 Å². The zero-order chi connectivity index (χ0) is 12.8. The summed E-state index contributed by atoms with van der Waals surface area (Å²) >= 11 is 0. The highest BCUT2D eigenvalue weighted by atomic mass is 16.5. The number of hydrogen-bond donors (Lipinski definition) is 0. The molecule has 0 unspecified atom stereocenters. The van der Waals surface area contributed by atoms with E-state index in [1.54, 1.807) is 6.08 Å². The number of methoxy groups -OCH3 is 1.